The van der Waals surface area contributed by atoms with Gasteiger partial charge in [-0.25, -0.2) is 0 Å². The first-order valence-corrected chi connectivity index (χ1v) is 5.02. The van der Waals surface area contributed by atoms with Crippen LogP contribution in [0.4, 0.5) is 0 Å². The fourth-order valence-electron chi connectivity index (χ4n) is 1.72. The van der Waals surface area contributed by atoms with E-state index in [1.807, 2.05) is 18.2 Å². The van der Waals surface area contributed by atoms with Crippen LogP contribution in [0.2, 0.25) is 0 Å². The molecular weight excluding hydrogens is 186 g/mol. The summed E-state index contributed by atoms with van der Waals surface area (Å²) in [5.41, 5.74) is 1.27. The first-order chi connectivity index (χ1) is 7.40. The fraction of sp³-hybridized carbons (Fsp3) is 0.250. The van der Waals surface area contributed by atoms with Crippen LogP contribution in [-0.2, 0) is 6.54 Å². The lowest BCUT2D eigenvalue weighted by molar-refractivity contribution is 0.389. The second kappa shape index (κ2) is 4.52. The van der Waals surface area contributed by atoms with Crippen LogP contribution in [0.1, 0.15) is 5.56 Å². The van der Waals surface area contributed by atoms with Crippen molar-refractivity contribution in [3.63, 3.8) is 0 Å². The van der Waals surface area contributed by atoms with Crippen LogP contribution in [-0.4, -0.2) is 18.0 Å². The lowest BCUT2D eigenvalue weighted by Crippen LogP contribution is -2.19. The van der Waals surface area contributed by atoms with E-state index in [0.717, 1.165) is 25.5 Å². The van der Waals surface area contributed by atoms with E-state index in [0.29, 0.717) is 0 Å². The van der Waals surface area contributed by atoms with E-state index in [1.54, 1.807) is 6.08 Å². The van der Waals surface area contributed by atoms with Gasteiger partial charge in [0.05, 0.1) is 12.1 Å². The maximum Gasteiger partial charge on any atom is 0.112 e. The van der Waals surface area contributed by atoms with E-state index in [-0.39, 0.29) is 0 Å². The molecule has 1 aliphatic heterocycles. The predicted molar refractivity (Wildman–Crippen MR) is 58.6 cm³/mol. The van der Waals surface area contributed by atoms with Crippen molar-refractivity contribution in [1.29, 1.82) is 5.26 Å². The zero-order valence-electron chi connectivity index (χ0n) is 8.48. The third-order valence-corrected chi connectivity index (χ3v) is 2.45. The maximum atomic E-state index is 8.62. The summed E-state index contributed by atoms with van der Waals surface area (Å²) in [5, 5.41) is 11.8. The zero-order chi connectivity index (χ0) is 10.5. The molecule has 0 aromatic heterocycles. The minimum absolute atomic E-state index is 0.862. The van der Waals surface area contributed by atoms with Crippen LogP contribution >= 0.6 is 0 Å². The monoisotopic (exact) mass is 199 g/mol. The Morgan fingerprint density at radius 1 is 1.40 bits per heavy atom. The molecule has 0 radical (unpaired) electrons. The van der Waals surface area contributed by atoms with E-state index in [1.165, 1.54) is 5.56 Å². The highest BCUT2D eigenvalue weighted by Crippen LogP contribution is 2.12. The molecule has 0 atom stereocenters. The van der Waals surface area contributed by atoms with Crippen molar-refractivity contribution in [2.45, 2.75) is 6.54 Å². The number of nitriles is 1. The molecule has 0 amide bonds. The average molecular weight is 199 g/mol. The topological polar surface area (TPSA) is 39.1 Å². The molecule has 3 heteroatoms. The van der Waals surface area contributed by atoms with Crippen molar-refractivity contribution < 1.29 is 0 Å². The molecule has 1 N–H and O–H groups in total. The van der Waals surface area contributed by atoms with Gasteiger partial charge in [0.15, 0.2) is 0 Å². The molecule has 0 aliphatic carbocycles. The highest BCUT2D eigenvalue weighted by Gasteiger charge is 2.15. The first kappa shape index (κ1) is 9.60. The molecule has 1 saturated heterocycles. The van der Waals surface area contributed by atoms with Crippen molar-refractivity contribution in [3.8, 4) is 6.07 Å². The van der Waals surface area contributed by atoms with Crippen molar-refractivity contribution in [3.05, 3.63) is 47.8 Å². The van der Waals surface area contributed by atoms with Crippen LogP contribution in [0.5, 0.6) is 0 Å². The molecule has 0 saturated carbocycles. The number of allylic oxidation sites excluding steroid dienone is 1. The van der Waals surface area contributed by atoms with Gasteiger partial charge in [0.1, 0.15) is 5.82 Å². The molecule has 1 heterocycles. The highest BCUT2D eigenvalue weighted by molar-refractivity contribution is 5.19. The van der Waals surface area contributed by atoms with Gasteiger partial charge in [0.25, 0.3) is 0 Å². The van der Waals surface area contributed by atoms with Crippen LogP contribution in [0.15, 0.2) is 42.2 Å². The van der Waals surface area contributed by atoms with Crippen molar-refractivity contribution in [1.82, 2.24) is 10.2 Å². The van der Waals surface area contributed by atoms with Gasteiger partial charge < -0.3 is 10.2 Å². The minimum atomic E-state index is 0.862. The second-order valence-corrected chi connectivity index (χ2v) is 3.49. The molecule has 2 rings (SSSR count). The zero-order valence-corrected chi connectivity index (χ0v) is 8.48. The minimum Gasteiger partial charge on any atom is -0.369 e. The predicted octanol–water partition coefficient (Wildman–Crippen LogP) is 1.46. The number of benzene rings is 1. The lowest BCUT2D eigenvalue weighted by Gasteiger charge is -2.17. The number of rotatable bonds is 2. The van der Waals surface area contributed by atoms with Gasteiger partial charge in [0.2, 0.25) is 0 Å². The van der Waals surface area contributed by atoms with E-state index in [9.17, 15) is 0 Å². The van der Waals surface area contributed by atoms with Crippen LogP contribution in [0.25, 0.3) is 0 Å². The Bertz CT molecular complexity index is 389. The van der Waals surface area contributed by atoms with Crippen LogP contribution in [0.3, 0.4) is 0 Å². The highest BCUT2D eigenvalue weighted by atomic mass is 15.3. The van der Waals surface area contributed by atoms with E-state index < -0.39 is 0 Å². The summed E-state index contributed by atoms with van der Waals surface area (Å²) < 4.78 is 0. The number of nitrogens with one attached hydrogen (secondary N) is 1. The van der Waals surface area contributed by atoms with Gasteiger partial charge in [0, 0.05) is 19.6 Å². The Kier molecular flexibility index (Phi) is 2.89. The van der Waals surface area contributed by atoms with E-state index >= 15 is 0 Å². The third-order valence-electron chi connectivity index (χ3n) is 2.45. The van der Waals surface area contributed by atoms with E-state index in [4.69, 9.17) is 5.26 Å². The molecule has 15 heavy (non-hydrogen) atoms. The summed E-state index contributed by atoms with van der Waals surface area (Å²) in [4.78, 5) is 2.18. The molecule has 1 aromatic rings. The molecule has 1 aliphatic rings. The second-order valence-electron chi connectivity index (χ2n) is 3.49. The summed E-state index contributed by atoms with van der Waals surface area (Å²) in [6.07, 6.45) is 1.57. The van der Waals surface area contributed by atoms with E-state index in [2.05, 4.69) is 28.4 Å². The molecule has 1 fully saturated rings. The first-order valence-electron chi connectivity index (χ1n) is 5.02. The van der Waals surface area contributed by atoms with Crippen molar-refractivity contribution in [2.24, 2.45) is 0 Å². The summed E-state index contributed by atoms with van der Waals surface area (Å²) in [7, 11) is 0. The SMILES string of the molecule is N#C/C=C1\NCCN1Cc1ccccc1. The maximum absolute atomic E-state index is 8.62. The quantitative estimate of drug-likeness (QED) is 0.733. The average Bonchev–Trinajstić information content (AvgIpc) is 2.68. The third kappa shape index (κ3) is 2.29. The van der Waals surface area contributed by atoms with Gasteiger partial charge in [-0.05, 0) is 5.56 Å². The summed E-state index contributed by atoms with van der Waals surface area (Å²) in [5.74, 6) is 0.932. The molecule has 1 aromatic carbocycles. The van der Waals surface area contributed by atoms with Crippen molar-refractivity contribution in [2.75, 3.05) is 13.1 Å². The molecule has 76 valence electrons. The van der Waals surface area contributed by atoms with Crippen LogP contribution in [0, 0.1) is 11.3 Å². The Morgan fingerprint density at radius 2 is 2.20 bits per heavy atom. The van der Waals surface area contributed by atoms with Gasteiger partial charge in [-0.2, -0.15) is 5.26 Å². The molecule has 0 unspecified atom stereocenters. The summed E-state index contributed by atoms with van der Waals surface area (Å²) >= 11 is 0. The molecule has 0 spiro atoms. The molecule has 3 nitrogen and oxygen atoms in total. The standard InChI is InChI=1S/C12H13N3/c13-7-6-12-14-8-9-15(12)10-11-4-2-1-3-5-11/h1-6,14H,8-10H2/b12-6+. The van der Waals surface area contributed by atoms with Gasteiger partial charge in [-0.15, -0.1) is 0 Å². The van der Waals surface area contributed by atoms with Gasteiger partial charge >= 0.3 is 0 Å². The van der Waals surface area contributed by atoms with Gasteiger partial charge in [-0.1, -0.05) is 30.3 Å². The lowest BCUT2D eigenvalue weighted by atomic mass is 10.2. The van der Waals surface area contributed by atoms with Gasteiger partial charge in [-0.3, -0.25) is 0 Å². The number of hydrogen-bond donors (Lipinski definition) is 1. The Hall–Kier alpha value is -1.95. The fourth-order valence-corrected chi connectivity index (χ4v) is 1.72. The normalized spacial score (nSPS) is 17.5. The molecule has 0 bridgehead atoms. The summed E-state index contributed by atoms with van der Waals surface area (Å²) in [6.45, 7) is 2.74. The Morgan fingerprint density at radius 3 is 2.93 bits per heavy atom. The number of nitrogens with zero attached hydrogens (tertiary/aromatic N) is 2. The summed E-state index contributed by atoms with van der Waals surface area (Å²) in [6, 6.07) is 12.3. The smallest absolute Gasteiger partial charge is 0.112 e. The largest absolute Gasteiger partial charge is 0.369 e. The Labute approximate surface area is 89.6 Å². The van der Waals surface area contributed by atoms with Crippen molar-refractivity contribution >= 4 is 0 Å². The van der Waals surface area contributed by atoms with Crippen LogP contribution < -0.4 is 5.32 Å². The Balaban J connectivity index is 2.07. The molecular formula is C12H13N3. The number of hydrogen-bond acceptors (Lipinski definition) is 3.